The quantitative estimate of drug-likeness (QED) is 0.225. The van der Waals surface area contributed by atoms with Gasteiger partial charge in [0, 0.05) is 48.3 Å². The van der Waals surface area contributed by atoms with Crippen LogP contribution in [-0.4, -0.2) is 84.9 Å². The summed E-state index contributed by atoms with van der Waals surface area (Å²) in [6.45, 7) is 5.85. The molecule has 1 aliphatic heterocycles. The third-order valence-corrected chi connectivity index (χ3v) is 8.87. The number of hydrogen-bond donors (Lipinski definition) is 1. The fraction of sp³-hybridized carbons (Fsp3) is 0.387. The van der Waals surface area contributed by atoms with Gasteiger partial charge in [0.2, 0.25) is 11.8 Å². The molecule has 3 atom stereocenters. The number of fused-ring (bicyclic) bond motifs is 2. The number of aryl methyl sites for hydroxylation is 2. The SMILES string of the molecule is CC(=O)c1nn(CC(=O)N2[C@H](C(=O)Nc3nc(Br)ccc3C)C[C@@]3(CN(C)C)C[C@@H]23)c2ccc(-c3cnc(C)nc3)cc12. The van der Waals surface area contributed by atoms with E-state index < -0.39 is 6.04 Å². The molecule has 4 heterocycles. The molecule has 12 heteroatoms. The maximum atomic E-state index is 14.1. The van der Waals surface area contributed by atoms with Crippen LogP contribution in [0, 0.1) is 19.3 Å². The van der Waals surface area contributed by atoms with Crippen molar-refractivity contribution in [3.8, 4) is 11.1 Å². The second-order valence-corrected chi connectivity index (χ2v) is 12.8. The van der Waals surface area contributed by atoms with Crippen LogP contribution in [0.4, 0.5) is 5.82 Å². The van der Waals surface area contributed by atoms with Crippen molar-refractivity contribution in [1.82, 2.24) is 34.5 Å². The van der Waals surface area contributed by atoms with Gasteiger partial charge in [0.15, 0.2) is 5.78 Å². The number of aromatic nitrogens is 5. The second kappa shape index (κ2) is 10.9. The number of Topliss-reactive ketones (excluding diaryl/α,β-unsaturated/α-hetero) is 1. The summed E-state index contributed by atoms with van der Waals surface area (Å²) in [5, 5.41) is 8.19. The molecule has 6 rings (SSSR count). The zero-order valence-corrected chi connectivity index (χ0v) is 26.3. The topological polar surface area (TPSA) is 126 Å². The molecule has 1 aromatic carbocycles. The second-order valence-electron chi connectivity index (χ2n) is 11.9. The molecule has 0 bridgehead atoms. The lowest BCUT2D eigenvalue weighted by atomic mass is 9.98. The minimum absolute atomic E-state index is 0.0445. The van der Waals surface area contributed by atoms with Crippen molar-refractivity contribution in [2.75, 3.05) is 26.0 Å². The summed E-state index contributed by atoms with van der Waals surface area (Å²) in [5.41, 5.74) is 3.32. The van der Waals surface area contributed by atoms with Gasteiger partial charge < -0.3 is 15.1 Å². The highest BCUT2D eigenvalue weighted by molar-refractivity contribution is 9.10. The molecule has 222 valence electrons. The number of rotatable bonds is 8. The van der Waals surface area contributed by atoms with Gasteiger partial charge in [-0.05, 0) is 86.0 Å². The van der Waals surface area contributed by atoms with Crippen LogP contribution in [0.25, 0.3) is 22.0 Å². The molecule has 2 aliphatic rings. The third-order valence-electron chi connectivity index (χ3n) is 8.43. The lowest BCUT2D eigenvalue weighted by Gasteiger charge is -2.27. The van der Waals surface area contributed by atoms with Gasteiger partial charge in [0.25, 0.3) is 0 Å². The van der Waals surface area contributed by atoms with Gasteiger partial charge in [-0.3, -0.25) is 19.1 Å². The average molecular weight is 646 g/mol. The molecule has 1 saturated heterocycles. The maximum absolute atomic E-state index is 14.1. The molecule has 0 radical (unpaired) electrons. The number of carbonyl (C=O) groups is 3. The van der Waals surface area contributed by atoms with Crippen molar-refractivity contribution in [3.63, 3.8) is 0 Å². The van der Waals surface area contributed by atoms with E-state index in [2.05, 4.69) is 46.2 Å². The van der Waals surface area contributed by atoms with Crippen molar-refractivity contribution in [2.24, 2.45) is 5.41 Å². The highest BCUT2D eigenvalue weighted by atomic mass is 79.9. The summed E-state index contributed by atoms with van der Waals surface area (Å²) in [7, 11) is 4.02. The number of pyridine rings is 1. The third kappa shape index (κ3) is 5.45. The van der Waals surface area contributed by atoms with Gasteiger partial charge in [0.05, 0.1) is 5.52 Å². The molecule has 0 unspecified atom stereocenters. The number of anilines is 1. The zero-order chi connectivity index (χ0) is 30.6. The maximum Gasteiger partial charge on any atom is 0.248 e. The fourth-order valence-corrected chi connectivity index (χ4v) is 6.70. The van der Waals surface area contributed by atoms with E-state index in [-0.39, 0.29) is 41.3 Å². The number of ketones is 1. The van der Waals surface area contributed by atoms with Crippen LogP contribution in [-0.2, 0) is 16.1 Å². The summed E-state index contributed by atoms with van der Waals surface area (Å²) >= 11 is 3.37. The standard InChI is InChI=1S/C31H33BrN8O3/c1-17-6-9-26(32)35-29(17)36-30(43)24-11-31(16-38(4)5)12-25(31)40(24)27(42)15-39-23-8-7-20(21-13-33-19(3)34-14-21)10-22(23)28(37-39)18(2)41/h6-10,13-14,24-25H,11-12,15-16H2,1-5H3,(H,35,36,43)/t24-,25+,31-/m0/s1. The first-order valence-corrected chi connectivity index (χ1v) is 15.0. The molecule has 1 N–H and O–H groups in total. The Morgan fingerprint density at radius 3 is 2.51 bits per heavy atom. The minimum atomic E-state index is -0.645. The van der Waals surface area contributed by atoms with Crippen molar-refractivity contribution < 1.29 is 14.4 Å². The van der Waals surface area contributed by atoms with Gasteiger partial charge in [-0.25, -0.2) is 15.0 Å². The molecule has 3 aromatic heterocycles. The number of likely N-dealkylation sites (tertiary alicyclic amines) is 1. The van der Waals surface area contributed by atoms with Crippen LogP contribution in [0.2, 0.25) is 0 Å². The van der Waals surface area contributed by atoms with Gasteiger partial charge in [0.1, 0.15) is 34.5 Å². The van der Waals surface area contributed by atoms with Crippen LogP contribution >= 0.6 is 15.9 Å². The molecular weight excluding hydrogens is 612 g/mol. The highest BCUT2D eigenvalue weighted by Gasteiger charge is 2.67. The van der Waals surface area contributed by atoms with Gasteiger partial charge in [-0.1, -0.05) is 12.1 Å². The number of carbonyl (C=O) groups excluding carboxylic acids is 3. The van der Waals surface area contributed by atoms with E-state index in [1.165, 1.54) is 6.92 Å². The molecule has 11 nitrogen and oxygen atoms in total. The van der Waals surface area contributed by atoms with E-state index in [1.54, 1.807) is 22.0 Å². The molecular formula is C31H33BrN8O3. The lowest BCUT2D eigenvalue weighted by Crippen LogP contribution is -2.47. The summed E-state index contributed by atoms with van der Waals surface area (Å²) in [6.07, 6.45) is 4.89. The van der Waals surface area contributed by atoms with E-state index in [1.807, 2.05) is 58.3 Å². The molecule has 43 heavy (non-hydrogen) atoms. The Hall–Kier alpha value is -4.03. The van der Waals surface area contributed by atoms with Crippen LogP contribution in [0.15, 0.2) is 47.3 Å². The Morgan fingerprint density at radius 2 is 1.81 bits per heavy atom. The normalized spacial score (nSPS) is 20.9. The fourth-order valence-electron chi connectivity index (χ4n) is 6.39. The predicted molar refractivity (Wildman–Crippen MR) is 165 cm³/mol. The van der Waals surface area contributed by atoms with E-state index >= 15 is 0 Å². The Kier molecular flexibility index (Phi) is 7.37. The van der Waals surface area contributed by atoms with Gasteiger partial charge in [-0.2, -0.15) is 5.10 Å². The number of benzene rings is 1. The number of hydrogen-bond acceptors (Lipinski definition) is 8. The Balaban J connectivity index is 1.31. The monoisotopic (exact) mass is 644 g/mol. The Bertz CT molecular complexity index is 1770. The number of piperidine rings is 1. The van der Waals surface area contributed by atoms with Gasteiger partial charge >= 0.3 is 0 Å². The number of halogens is 1. The first-order valence-electron chi connectivity index (χ1n) is 14.2. The van der Waals surface area contributed by atoms with E-state index in [0.29, 0.717) is 33.6 Å². The number of amides is 2. The van der Waals surface area contributed by atoms with Crippen molar-refractivity contribution in [3.05, 3.63) is 64.4 Å². The molecule has 4 aromatic rings. The van der Waals surface area contributed by atoms with Crippen LogP contribution < -0.4 is 5.32 Å². The summed E-state index contributed by atoms with van der Waals surface area (Å²) in [6, 6.07) is 8.66. The average Bonchev–Trinajstić information content (AvgIpc) is 3.35. The molecule has 2 fully saturated rings. The van der Waals surface area contributed by atoms with Crippen molar-refractivity contribution in [1.29, 1.82) is 0 Å². The zero-order valence-electron chi connectivity index (χ0n) is 24.8. The molecule has 1 saturated carbocycles. The van der Waals surface area contributed by atoms with Crippen molar-refractivity contribution in [2.45, 2.75) is 52.2 Å². The minimum Gasteiger partial charge on any atom is -0.325 e. The summed E-state index contributed by atoms with van der Waals surface area (Å²) in [4.78, 5) is 57.2. The molecule has 1 aliphatic carbocycles. The van der Waals surface area contributed by atoms with Crippen LogP contribution in [0.3, 0.4) is 0 Å². The van der Waals surface area contributed by atoms with Crippen LogP contribution in [0.1, 0.15) is 41.6 Å². The molecule has 0 spiro atoms. The van der Waals surface area contributed by atoms with Gasteiger partial charge in [-0.15, -0.1) is 0 Å². The summed E-state index contributed by atoms with van der Waals surface area (Å²) < 4.78 is 2.19. The first kappa shape index (κ1) is 29.1. The largest absolute Gasteiger partial charge is 0.325 e. The smallest absolute Gasteiger partial charge is 0.248 e. The molecule has 2 amide bonds. The lowest BCUT2D eigenvalue weighted by molar-refractivity contribution is -0.138. The predicted octanol–water partition coefficient (Wildman–Crippen LogP) is 4.03. The first-order chi connectivity index (χ1) is 20.5. The number of nitrogens with one attached hydrogen (secondary N) is 1. The van der Waals surface area contributed by atoms with Crippen molar-refractivity contribution >= 4 is 50.2 Å². The Labute approximate surface area is 257 Å². The van der Waals surface area contributed by atoms with E-state index in [4.69, 9.17) is 0 Å². The van der Waals surface area contributed by atoms with E-state index in [9.17, 15) is 14.4 Å². The number of nitrogens with zero attached hydrogens (tertiary/aromatic N) is 7. The summed E-state index contributed by atoms with van der Waals surface area (Å²) in [5.74, 6) is 0.469. The Morgan fingerprint density at radius 1 is 1.07 bits per heavy atom. The van der Waals surface area contributed by atoms with Crippen LogP contribution in [0.5, 0.6) is 0 Å². The highest BCUT2D eigenvalue weighted by Crippen LogP contribution is 2.60. The van der Waals surface area contributed by atoms with E-state index in [0.717, 1.165) is 29.7 Å².